The lowest BCUT2D eigenvalue weighted by molar-refractivity contribution is 0.273. The van der Waals surface area contributed by atoms with Crippen LogP contribution >= 0.6 is 0 Å². The van der Waals surface area contributed by atoms with Gasteiger partial charge in [0, 0.05) is 48.5 Å². The number of rotatable bonds is 4. The first-order valence-corrected chi connectivity index (χ1v) is 13.7. The summed E-state index contributed by atoms with van der Waals surface area (Å²) in [6.07, 6.45) is 7.76. The first-order chi connectivity index (χ1) is 18.4. The lowest BCUT2D eigenvalue weighted by atomic mass is 9.87. The van der Waals surface area contributed by atoms with Crippen LogP contribution in [0.3, 0.4) is 0 Å². The number of hydrogen-bond acceptors (Lipinski definition) is 4. The first-order valence-electron chi connectivity index (χ1n) is 13.7. The molecular formula is C32H35FN4O. The summed E-state index contributed by atoms with van der Waals surface area (Å²) in [6.45, 7) is 8.89. The fourth-order valence-corrected chi connectivity index (χ4v) is 6.19. The Hall–Kier alpha value is -3.51. The van der Waals surface area contributed by atoms with E-state index in [-0.39, 0.29) is 5.82 Å². The van der Waals surface area contributed by atoms with E-state index in [0.717, 1.165) is 94.7 Å². The maximum atomic E-state index is 15.4. The van der Waals surface area contributed by atoms with Gasteiger partial charge in [0.25, 0.3) is 0 Å². The number of aromatic nitrogens is 3. The van der Waals surface area contributed by atoms with Crippen LogP contribution in [0.1, 0.15) is 47.8 Å². The van der Waals surface area contributed by atoms with Crippen molar-refractivity contribution in [2.24, 2.45) is 7.05 Å². The summed E-state index contributed by atoms with van der Waals surface area (Å²) < 4.78 is 23.3. The molecule has 6 heteroatoms. The van der Waals surface area contributed by atoms with Crippen LogP contribution in [0.4, 0.5) is 4.39 Å². The van der Waals surface area contributed by atoms with E-state index in [9.17, 15) is 0 Å². The van der Waals surface area contributed by atoms with Crippen molar-refractivity contribution in [1.29, 1.82) is 0 Å². The topological polar surface area (TPSA) is 43.2 Å². The van der Waals surface area contributed by atoms with E-state index in [0.29, 0.717) is 12.4 Å². The maximum absolute atomic E-state index is 15.4. The zero-order valence-corrected chi connectivity index (χ0v) is 23.0. The molecule has 0 aliphatic carbocycles. The molecule has 4 aromatic rings. The Labute approximate surface area is 224 Å². The highest BCUT2D eigenvalue weighted by Gasteiger charge is 2.25. The highest BCUT2D eigenvalue weighted by atomic mass is 19.1. The third-order valence-electron chi connectivity index (χ3n) is 8.34. The summed E-state index contributed by atoms with van der Waals surface area (Å²) >= 11 is 0. The van der Waals surface area contributed by atoms with Crippen LogP contribution in [0.25, 0.3) is 39.0 Å². The number of halogens is 1. The van der Waals surface area contributed by atoms with Crippen molar-refractivity contribution in [2.75, 3.05) is 26.7 Å². The molecule has 5 nitrogen and oxygen atoms in total. The molecule has 0 fully saturated rings. The molecule has 196 valence electrons. The molecule has 0 atom stereocenters. The van der Waals surface area contributed by atoms with Crippen molar-refractivity contribution in [3.63, 3.8) is 0 Å². The zero-order valence-electron chi connectivity index (χ0n) is 23.0. The van der Waals surface area contributed by atoms with Crippen LogP contribution in [0, 0.1) is 19.7 Å². The summed E-state index contributed by atoms with van der Waals surface area (Å²) in [7, 11) is 4.22. The Kier molecular flexibility index (Phi) is 6.31. The molecule has 2 aliphatic rings. The minimum absolute atomic E-state index is 0.272. The fraction of sp³-hybridized carbons (Fsp3) is 0.375. The molecule has 38 heavy (non-hydrogen) atoms. The number of pyridine rings is 2. The lowest BCUT2D eigenvalue weighted by Crippen LogP contribution is -2.23. The summed E-state index contributed by atoms with van der Waals surface area (Å²) in [5.74, 6) is 0.158. The van der Waals surface area contributed by atoms with Crippen molar-refractivity contribution < 1.29 is 9.13 Å². The van der Waals surface area contributed by atoms with Gasteiger partial charge < -0.3 is 14.2 Å². The van der Waals surface area contributed by atoms with E-state index < -0.39 is 0 Å². The predicted molar refractivity (Wildman–Crippen MR) is 152 cm³/mol. The molecule has 0 amide bonds. The van der Waals surface area contributed by atoms with Gasteiger partial charge in [0.1, 0.15) is 5.65 Å². The van der Waals surface area contributed by atoms with E-state index in [4.69, 9.17) is 14.7 Å². The molecule has 0 bridgehead atoms. The number of benzene rings is 1. The average Bonchev–Trinajstić information content (AvgIpc) is 3.26. The van der Waals surface area contributed by atoms with Crippen LogP contribution < -0.4 is 4.74 Å². The third kappa shape index (κ3) is 4.02. The van der Waals surface area contributed by atoms with Crippen LogP contribution in [0.5, 0.6) is 5.75 Å². The minimum atomic E-state index is -0.272. The molecular weight excluding hydrogens is 475 g/mol. The number of nitrogens with zero attached hydrogens (tertiary/aromatic N) is 4. The summed E-state index contributed by atoms with van der Waals surface area (Å²) in [6, 6.07) is 8.17. The average molecular weight is 511 g/mol. The van der Waals surface area contributed by atoms with Gasteiger partial charge in [0.15, 0.2) is 11.6 Å². The third-order valence-corrected chi connectivity index (χ3v) is 8.34. The second-order valence-corrected chi connectivity index (χ2v) is 10.7. The maximum Gasteiger partial charge on any atom is 0.165 e. The van der Waals surface area contributed by atoms with Gasteiger partial charge in [-0.3, -0.25) is 4.98 Å². The number of likely N-dealkylation sites (N-methyl/N-ethyl adjacent to an activating group) is 1. The first kappa shape index (κ1) is 24.8. The molecule has 0 saturated carbocycles. The lowest BCUT2D eigenvalue weighted by Gasteiger charge is -2.23. The van der Waals surface area contributed by atoms with Gasteiger partial charge in [-0.25, -0.2) is 9.37 Å². The van der Waals surface area contributed by atoms with E-state index in [2.05, 4.69) is 68.6 Å². The van der Waals surface area contributed by atoms with Crippen molar-refractivity contribution >= 4 is 16.6 Å². The van der Waals surface area contributed by atoms with Gasteiger partial charge >= 0.3 is 0 Å². The molecule has 0 unspecified atom stereocenters. The molecule has 0 spiro atoms. The van der Waals surface area contributed by atoms with Crippen LogP contribution in [0.15, 0.2) is 36.5 Å². The zero-order chi connectivity index (χ0) is 26.6. The fourth-order valence-electron chi connectivity index (χ4n) is 6.19. The van der Waals surface area contributed by atoms with Gasteiger partial charge in [0.2, 0.25) is 0 Å². The van der Waals surface area contributed by atoms with Crippen molar-refractivity contribution in [2.45, 2.75) is 46.5 Å². The van der Waals surface area contributed by atoms with Crippen molar-refractivity contribution in [1.82, 2.24) is 19.4 Å². The largest absolute Gasteiger partial charge is 0.490 e. The molecule has 3 aromatic heterocycles. The standard InChI is InChI=1S/C32H35FN4O/c1-6-23-20(3)35-32-26(30(23)25-17-27(33)31-24(19(25)2)8-7-15-38-31)18-29(37(32)5)22-9-12-34-28(16-22)21-10-13-36(4)14-11-21/h9-10,12,16-18H,6-8,11,13-15H2,1-5H3. The summed E-state index contributed by atoms with van der Waals surface area (Å²) in [5, 5.41) is 1.06. The SMILES string of the molecule is CCc1c(C)nc2c(cc(-c3ccnc(C4=CCN(C)CC4)c3)n2C)c1-c1cc(F)c2c(c1C)CCCO2. The predicted octanol–water partition coefficient (Wildman–Crippen LogP) is 6.66. The number of ether oxygens (including phenoxy) is 1. The number of fused-ring (bicyclic) bond motifs is 2. The molecule has 2 aliphatic heterocycles. The highest BCUT2D eigenvalue weighted by Crippen LogP contribution is 2.43. The van der Waals surface area contributed by atoms with E-state index in [1.54, 1.807) is 6.07 Å². The van der Waals surface area contributed by atoms with Gasteiger partial charge in [-0.05, 0) is 98.7 Å². The van der Waals surface area contributed by atoms with Gasteiger partial charge in [-0.1, -0.05) is 13.0 Å². The molecule has 1 aromatic carbocycles. The quantitative estimate of drug-likeness (QED) is 0.308. The highest BCUT2D eigenvalue weighted by molar-refractivity contribution is 6.00. The van der Waals surface area contributed by atoms with Crippen molar-refractivity contribution in [3.05, 3.63) is 70.4 Å². The smallest absolute Gasteiger partial charge is 0.165 e. The Bertz CT molecular complexity index is 1600. The monoisotopic (exact) mass is 510 g/mol. The van der Waals surface area contributed by atoms with Crippen LogP contribution in [-0.4, -0.2) is 46.2 Å². The second-order valence-electron chi connectivity index (χ2n) is 10.7. The van der Waals surface area contributed by atoms with Gasteiger partial charge in [-0.15, -0.1) is 0 Å². The number of hydrogen-bond donors (Lipinski definition) is 0. The van der Waals surface area contributed by atoms with Crippen molar-refractivity contribution in [3.8, 4) is 28.1 Å². The number of aryl methyl sites for hydroxylation is 2. The molecule has 6 rings (SSSR count). The Balaban J connectivity index is 1.56. The van der Waals surface area contributed by atoms with Crippen LogP contribution in [0.2, 0.25) is 0 Å². The Morgan fingerprint density at radius 2 is 1.95 bits per heavy atom. The van der Waals surface area contributed by atoms with Gasteiger partial charge in [0.05, 0.1) is 18.0 Å². The van der Waals surface area contributed by atoms with E-state index >= 15 is 4.39 Å². The summed E-state index contributed by atoms with van der Waals surface area (Å²) in [4.78, 5) is 12.1. The minimum Gasteiger partial charge on any atom is -0.490 e. The molecule has 5 heterocycles. The van der Waals surface area contributed by atoms with E-state index in [1.165, 1.54) is 11.1 Å². The second kappa shape index (κ2) is 9.66. The Morgan fingerprint density at radius 1 is 1.11 bits per heavy atom. The molecule has 0 radical (unpaired) electrons. The Morgan fingerprint density at radius 3 is 2.71 bits per heavy atom. The molecule has 0 saturated heterocycles. The normalized spacial score (nSPS) is 15.9. The van der Waals surface area contributed by atoms with Gasteiger partial charge in [-0.2, -0.15) is 0 Å². The van der Waals surface area contributed by atoms with E-state index in [1.807, 2.05) is 6.20 Å². The summed E-state index contributed by atoms with van der Waals surface area (Å²) in [5.41, 5.74) is 11.7. The van der Waals surface area contributed by atoms with Crippen LogP contribution in [-0.2, 0) is 19.9 Å². The molecule has 0 N–H and O–H groups in total.